The molecule has 0 aliphatic heterocycles. The summed E-state index contributed by atoms with van der Waals surface area (Å²) in [6, 6.07) is 4.49. The third kappa shape index (κ3) is 4.87. The van der Waals surface area contributed by atoms with E-state index in [1.807, 2.05) is 6.92 Å². The third-order valence-electron chi connectivity index (χ3n) is 2.66. The molecule has 0 radical (unpaired) electrons. The van der Waals surface area contributed by atoms with Crippen molar-refractivity contribution < 1.29 is 9.72 Å². The Morgan fingerprint density at radius 3 is 2.79 bits per heavy atom. The normalized spacial score (nSPS) is 11.9. The summed E-state index contributed by atoms with van der Waals surface area (Å²) >= 11 is 5.80. The van der Waals surface area contributed by atoms with Crippen molar-refractivity contribution in [2.75, 3.05) is 6.54 Å². The highest BCUT2D eigenvalue weighted by atomic mass is 35.5. The summed E-state index contributed by atoms with van der Waals surface area (Å²) in [6.45, 7) is 4.13. The van der Waals surface area contributed by atoms with Gasteiger partial charge < -0.3 is 5.32 Å². The van der Waals surface area contributed by atoms with Crippen LogP contribution in [0, 0.1) is 17.0 Å². The van der Waals surface area contributed by atoms with Crippen LogP contribution in [0.5, 0.6) is 0 Å². The average molecular weight is 285 g/mol. The predicted octanol–water partition coefficient (Wildman–Crippen LogP) is 3.04. The number of nitrogens with zero attached hydrogens (tertiary/aromatic N) is 1. The first-order valence-electron chi connectivity index (χ1n) is 6.09. The molecule has 0 heterocycles. The number of nitro groups is 1. The first kappa shape index (κ1) is 15.4. The van der Waals surface area contributed by atoms with Crippen molar-refractivity contribution in [2.24, 2.45) is 0 Å². The molecule has 0 aliphatic rings. The van der Waals surface area contributed by atoms with Crippen molar-refractivity contribution in [3.05, 3.63) is 39.4 Å². The van der Waals surface area contributed by atoms with Gasteiger partial charge in [0, 0.05) is 18.0 Å². The predicted molar refractivity (Wildman–Crippen MR) is 74.7 cm³/mol. The maximum atomic E-state index is 11.9. The zero-order chi connectivity index (χ0) is 14.4. The number of alkyl halides is 1. The Labute approximate surface area is 117 Å². The van der Waals surface area contributed by atoms with Crippen LogP contribution < -0.4 is 5.32 Å². The Balaban J connectivity index is 2.70. The fourth-order valence-corrected chi connectivity index (χ4v) is 1.83. The van der Waals surface area contributed by atoms with Crippen molar-refractivity contribution in [3.8, 4) is 0 Å². The van der Waals surface area contributed by atoms with E-state index in [1.54, 1.807) is 13.0 Å². The van der Waals surface area contributed by atoms with E-state index < -0.39 is 10.8 Å². The second-order valence-corrected chi connectivity index (χ2v) is 5.20. The van der Waals surface area contributed by atoms with Crippen LogP contribution >= 0.6 is 11.6 Å². The van der Waals surface area contributed by atoms with Gasteiger partial charge in [-0.1, -0.05) is 6.07 Å². The van der Waals surface area contributed by atoms with Gasteiger partial charge in [-0.05, 0) is 38.3 Å². The number of benzene rings is 1. The smallest absolute Gasteiger partial charge is 0.282 e. The van der Waals surface area contributed by atoms with Gasteiger partial charge in [0.2, 0.25) is 0 Å². The molecule has 0 bridgehead atoms. The third-order valence-corrected chi connectivity index (χ3v) is 2.88. The highest BCUT2D eigenvalue weighted by Crippen LogP contribution is 2.19. The molecule has 1 aromatic carbocycles. The van der Waals surface area contributed by atoms with Crippen molar-refractivity contribution in [3.63, 3.8) is 0 Å². The maximum Gasteiger partial charge on any atom is 0.282 e. The Morgan fingerprint density at radius 1 is 1.53 bits per heavy atom. The molecule has 5 nitrogen and oxygen atoms in total. The van der Waals surface area contributed by atoms with Gasteiger partial charge >= 0.3 is 0 Å². The quantitative estimate of drug-likeness (QED) is 0.378. The van der Waals surface area contributed by atoms with Crippen molar-refractivity contribution >= 4 is 23.2 Å². The van der Waals surface area contributed by atoms with Crippen LogP contribution in [0.3, 0.4) is 0 Å². The summed E-state index contributed by atoms with van der Waals surface area (Å²) in [5.74, 6) is -0.419. The number of nitrogens with one attached hydrogen (secondary N) is 1. The number of rotatable bonds is 6. The van der Waals surface area contributed by atoms with E-state index in [4.69, 9.17) is 11.6 Å². The van der Waals surface area contributed by atoms with Gasteiger partial charge in [-0.15, -0.1) is 11.6 Å². The molecule has 1 N–H and O–H groups in total. The summed E-state index contributed by atoms with van der Waals surface area (Å²) in [4.78, 5) is 22.2. The summed E-state index contributed by atoms with van der Waals surface area (Å²) in [5.41, 5.74) is 0.739. The second-order valence-electron chi connectivity index (χ2n) is 4.46. The first-order valence-corrected chi connectivity index (χ1v) is 6.52. The number of carbonyl (C=O) groups is 1. The molecule has 0 fully saturated rings. The second kappa shape index (κ2) is 7.09. The van der Waals surface area contributed by atoms with E-state index in [-0.39, 0.29) is 16.6 Å². The van der Waals surface area contributed by atoms with Crippen LogP contribution in [0.1, 0.15) is 35.7 Å². The summed E-state index contributed by atoms with van der Waals surface area (Å²) in [5, 5.41) is 13.6. The lowest BCUT2D eigenvalue weighted by Gasteiger charge is -2.07. The SMILES string of the molecule is Cc1ccc([N+](=O)[O-])c(C(=O)NCCCC(C)Cl)c1. The largest absolute Gasteiger partial charge is 0.352 e. The monoisotopic (exact) mass is 284 g/mol. The van der Waals surface area contributed by atoms with Crippen molar-refractivity contribution in [1.29, 1.82) is 0 Å². The number of nitro benzene ring substituents is 1. The summed E-state index contributed by atoms with van der Waals surface area (Å²) in [7, 11) is 0. The van der Waals surface area contributed by atoms with Gasteiger partial charge in [0.05, 0.1) is 4.92 Å². The van der Waals surface area contributed by atoms with Crippen molar-refractivity contribution in [2.45, 2.75) is 32.1 Å². The van der Waals surface area contributed by atoms with E-state index in [1.165, 1.54) is 12.1 Å². The summed E-state index contributed by atoms with van der Waals surface area (Å²) in [6.07, 6.45) is 1.54. The molecule has 19 heavy (non-hydrogen) atoms. The number of carbonyl (C=O) groups excluding carboxylic acids is 1. The van der Waals surface area contributed by atoms with E-state index >= 15 is 0 Å². The highest BCUT2D eigenvalue weighted by molar-refractivity contribution is 6.20. The van der Waals surface area contributed by atoms with Gasteiger partial charge in [0.15, 0.2) is 0 Å². The Hall–Kier alpha value is -1.62. The number of halogens is 1. The molecule has 1 amide bonds. The molecule has 1 aromatic rings. The molecule has 0 spiro atoms. The van der Waals surface area contributed by atoms with E-state index in [2.05, 4.69) is 5.32 Å². The van der Waals surface area contributed by atoms with Crippen LogP contribution in [0.2, 0.25) is 0 Å². The lowest BCUT2D eigenvalue weighted by Crippen LogP contribution is -2.25. The van der Waals surface area contributed by atoms with E-state index in [0.717, 1.165) is 18.4 Å². The molecule has 1 atom stereocenters. The Morgan fingerprint density at radius 2 is 2.21 bits per heavy atom. The van der Waals surface area contributed by atoms with Gasteiger partial charge in [-0.2, -0.15) is 0 Å². The molecular weight excluding hydrogens is 268 g/mol. The van der Waals surface area contributed by atoms with E-state index in [9.17, 15) is 14.9 Å². The number of hydrogen-bond donors (Lipinski definition) is 1. The molecular formula is C13H17ClN2O3. The fraction of sp³-hybridized carbons (Fsp3) is 0.462. The minimum absolute atomic E-state index is 0.0604. The van der Waals surface area contributed by atoms with Crippen molar-refractivity contribution in [1.82, 2.24) is 5.32 Å². The fourth-order valence-electron chi connectivity index (χ4n) is 1.67. The minimum Gasteiger partial charge on any atom is -0.352 e. The molecule has 0 saturated heterocycles. The van der Waals surface area contributed by atoms with Gasteiger partial charge in [0.25, 0.3) is 11.6 Å². The average Bonchev–Trinajstić information content (AvgIpc) is 2.33. The van der Waals surface area contributed by atoms with Crippen LogP contribution in [0.15, 0.2) is 18.2 Å². The molecule has 0 saturated carbocycles. The first-order chi connectivity index (χ1) is 8.91. The number of amides is 1. The molecule has 1 unspecified atom stereocenters. The van der Waals surface area contributed by atoms with Gasteiger partial charge in [0.1, 0.15) is 5.56 Å². The van der Waals surface area contributed by atoms with Gasteiger partial charge in [-0.3, -0.25) is 14.9 Å². The molecule has 1 rings (SSSR count). The lowest BCUT2D eigenvalue weighted by molar-refractivity contribution is -0.385. The molecule has 0 aromatic heterocycles. The zero-order valence-corrected chi connectivity index (χ0v) is 11.7. The Kier molecular flexibility index (Phi) is 5.76. The van der Waals surface area contributed by atoms with Crippen LogP contribution in [-0.2, 0) is 0 Å². The van der Waals surface area contributed by atoms with Crippen LogP contribution in [0.25, 0.3) is 0 Å². The topological polar surface area (TPSA) is 72.2 Å². The minimum atomic E-state index is -0.546. The zero-order valence-electron chi connectivity index (χ0n) is 11.0. The van der Waals surface area contributed by atoms with Crippen LogP contribution in [-0.4, -0.2) is 22.8 Å². The lowest BCUT2D eigenvalue weighted by atomic mass is 10.1. The summed E-state index contributed by atoms with van der Waals surface area (Å²) < 4.78 is 0. The molecule has 104 valence electrons. The van der Waals surface area contributed by atoms with Gasteiger partial charge in [-0.25, -0.2) is 0 Å². The Bertz CT molecular complexity index is 475. The van der Waals surface area contributed by atoms with Crippen LogP contribution in [0.4, 0.5) is 5.69 Å². The number of hydrogen-bond acceptors (Lipinski definition) is 3. The number of aryl methyl sites for hydroxylation is 1. The van der Waals surface area contributed by atoms with E-state index in [0.29, 0.717) is 6.54 Å². The highest BCUT2D eigenvalue weighted by Gasteiger charge is 2.19. The molecule has 6 heteroatoms. The maximum absolute atomic E-state index is 11.9. The standard InChI is InChI=1S/C13H17ClN2O3/c1-9-5-6-12(16(18)19)11(8-9)13(17)15-7-3-4-10(2)14/h5-6,8,10H,3-4,7H2,1-2H3,(H,15,17). The molecule has 0 aliphatic carbocycles.